The van der Waals surface area contributed by atoms with Crippen LogP contribution in [0.3, 0.4) is 0 Å². The Hall–Kier alpha value is -1.95. The molecule has 0 aliphatic heterocycles. The number of nitrogens with zero attached hydrogens (tertiary/aromatic N) is 2. The number of carbonyl (C=O) groups excluding carboxylic acids is 1. The fourth-order valence-corrected chi connectivity index (χ4v) is 1.54. The van der Waals surface area contributed by atoms with Crippen LogP contribution in [0, 0.1) is 16.0 Å². The fourth-order valence-electron chi connectivity index (χ4n) is 1.36. The molecule has 1 saturated carbocycles. The molecule has 0 radical (unpaired) electrons. The molecule has 7 heteroatoms. The van der Waals surface area contributed by atoms with Crippen molar-refractivity contribution in [3.05, 3.63) is 38.9 Å². The zero-order chi connectivity index (χ0) is 13.1. The third-order valence-corrected chi connectivity index (χ3v) is 2.82. The zero-order valence-corrected chi connectivity index (χ0v) is 10.1. The summed E-state index contributed by atoms with van der Waals surface area (Å²) < 4.78 is 0. The molecule has 0 bridgehead atoms. The quantitative estimate of drug-likeness (QED) is 0.515. The number of hydrogen-bond acceptors (Lipinski definition) is 4. The molecule has 0 atom stereocenters. The maximum Gasteiger partial charge on any atom is 0.288 e. The highest BCUT2D eigenvalue weighted by Gasteiger charge is 2.29. The van der Waals surface area contributed by atoms with Crippen LogP contribution >= 0.6 is 11.6 Å². The van der Waals surface area contributed by atoms with Crippen LogP contribution in [0.15, 0.2) is 23.3 Å². The van der Waals surface area contributed by atoms with Gasteiger partial charge in [0.15, 0.2) is 0 Å². The Bertz CT molecular complexity index is 526. The third-order valence-electron chi connectivity index (χ3n) is 2.50. The minimum Gasteiger partial charge on any atom is -0.273 e. The summed E-state index contributed by atoms with van der Waals surface area (Å²) in [5, 5.41) is 14.5. The molecule has 94 valence electrons. The van der Waals surface area contributed by atoms with Crippen molar-refractivity contribution < 1.29 is 9.72 Å². The molecular formula is C11H10ClN3O3. The van der Waals surface area contributed by atoms with Gasteiger partial charge in [0, 0.05) is 17.5 Å². The van der Waals surface area contributed by atoms with E-state index in [1.165, 1.54) is 18.3 Å². The van der Waals surface area contributed by atoms with Crippen molar-refractivity contribution in [2.75, 3.05) is 0 Å². The Morgan fingerprint density at radius 2 is 2.28 bits per heavy atom. The lowest BCUT2D eigenvalue weighted by atomic mass is 10.2. The molecule has 0 unspecified atom stereocenters. The van der Waals surface area contributed by atoms with Gasteiger partial charge in [-0.1, -0.05) is 17.7 Å². The van der Waals surface area contributed by atoms with Gasteiger partial charge in [-0.2, -0.15) is 5.10 Å². The number of hydrazone groups is 1. The summed E-state index contributed by atoms with van der Waals surface area (Å²) in [6, 6.07) is 4.31. The highest BCUT2D eigenvalue weighted by molar-refractivity contribution is 6.32. The minimum absolute atomic E-state index is 0.0687. The Kier molecular flexibility index (Phi) is 3.57. The Labute approximate surface area is 108 Å². The van der Waals surface area contributed by atoms with Crippen LogP contribution in [0.5, 0.6) is 0 Å². The van der Waals surface area contributed by atoms with Crippen molar-refractivity contribution in [1.29, 1.82) is 0 Å². The summed E-state index contributed by atoms with van der Waals surface area (Å²) in [4.78, 5) is 21.4. The van der Waals surface area contributed by atoms with Gasteiger partial charge >= 0.3 is 0 Å². The van der Waals surface area contributed by atoms with Crippen molar-refractivity contribution in [3.8, 4) is 0 Å². The largest absolute Gasteiger partial charge is 0.288 e. The van der Waals surface area contributed by atoms with E-state index in [9.17, 15) is 14.9 Å². The summed E-state index contributed by atoms with van der Waals surface area (Å²) >= 11 is 5.67. The van der Waals surface area contributed by atoms with Crippen molar-refractivity contribution in [2.45, 2.75) is 12.8 Å². The molecule has 0 heterocycles. The second-order valence-electron chi connectivity index (χ2n) is 3.98. The van der Waals surface area contributed by atoms with Gasteiger partial charge in [-0.3, -0.25) is 14.9 Å². The van der Waals surface area contributed by atoms with Gasteiger partial charge in [0.25, 0.3) is 5.69 Å². The van der Waals surface area contributed by atoms with Gasteiger partial charge in [0.05, 0.1) is 11.1 Å². The molecule has 1 amide bonds. The van der Waals surface area contributed by atoms with Gasteiger partial charge in [0.2, 0.25) is 5.91 Å². The second kappa shape index (κ2) is 5.14. The first-order chi connectivity index (χ1) is 8.58. The van der Waals surface area contributed by atoms with Crippen molar-refractivity contribution >= 4 is 29.4 Å². The van der Waals surface area contributed by atoms with Crippen LogP contribution in [0.2, 0.25) is 5.02 Å². The lowest BCUT2D eigenvalue weighted by Crippen LogP contribution is -2.18. The number of halogens is 1. The van der Waals surface area contributed by atoms with Crippen molar-refractivity contribution in [2.24, 2.45) is 11.0 Å². The van der Waals surface area contributed by atoms with Crippen LogP contribution in [-0.4, -0.2) is 17.0 Å². The van der Waals surface area contributed by atoms with Gasteiger partial charge < -0.3 is 0 Å². The lowest BCUT2D eigenvalue weighted by Gasteiger charge is -1.98. The Balaban J connectivity index is 2.04. The molecule has 1 aromatic rings. The van der Waals surface area contributed by atoms with Crippen molar-refractivity contribution in [3.63, 3.8) is 0 Å². The first-order valence-corrected chi connectivity index (χ1v) is 5.72. The normalized spacial score (nSPS) is 14.7. The number of hydrogen-bond donors (Lipinski definition) is 1. The van der Waals surface area contributed by atoms with E-state index in [4.69, 9.17) is 11.6 Å². The number of carbonyl (C=O) groups is 1. The van der Waals surface area contributed by atoms with E-state index < -0.39 is 4.92 Å². The second-order valence-corrected chi connectivity index (χ2v) is 4.38. The van der Waals surface area contributed by atoms with Crippen LogP contribution in [0.25, 0.3) is 0 Å². The maximum atomic E-state index is 11.3. The molecule has 0 aromatic heterocycles. The smallest absolute Gasteiger partial charge is 0.273 e. The zero-order valence-electron chi connectivity index (χ0n) is 9.30. The van der Waals surface area contributed by atoms with Crippen LogP contribution < -0.4 is 5.43 Å². The van der Waals surface area contributed by atoms with E-state index in [1.807, 2.05) is 0 Å². The Morgan fingerprint density at radius 3 is 2.89 bits per heavy atom. The van der Waals surface area contributed by atoms with E-state index >= 15 is 0 Å². The predicted octanol–water partition coefficient (Wildman–Crippen LogP) is 2.11. The average molecular weight is 268 g/mol. The van der Waals surface area contributed by atoms with E-state index in [0.29, 0.717) is 5.56 Å². The molecule has 0 saturated heterocycles. The first-order valence-electron chi connectivity index (χ1n) is 5.35. The van der Waals surface area contributed by atoms with Gasteiger partial charge in [-0.15, -0.1) is 0 Å². The van der Waals surface area contributed by atoms with Gasteiger partial charge in [-0.05, 0) is 18.9 Å². The minimum atomic E-state index is -0.567. The standard InChI is InChI=1S/C11H10ClN3O3/c12-9-4-1-7(5-10(9)15(17)18)6-13-14-11(16)8-2-3-8/h1,4-6,8H,2-3H2,(H,14,16)/b13-6-. The molecule has 0 spiro atoms. The highest BCUT2D eigenvalue weighted by atomic mass is 35.5. The van der Waals surface area contributed by atoms with E-state index in [2.05, 4.69) is 10.5 Å². The number of rotatable bonds is 4. The van der Waals surface area contributed by atoms with Crippen LogP contribution in [0.1, 0.15) is 18.4 Å². The monoisotopic (exact) mass is 267 g/mol. The SMILES string of the molecule is O=C(N/N=C\c1ccc(Cl)c([N+](=O)[O-])c1)C1CC1. The van der Waals surface area contributed by atoms with E-state index in [0.717, 1.165) is 12.8 Å². The molecule has 2 rings (SSSR count). The summed E-state index contributed by atoms with van der Waals surface area (Å²) in [7, 11) is 0. The van der Waals surface area contributed by atoms with E-state index in [-0.39, 0.29) is 22.5 Å². The molecule has 1 fully saturated rings. The molecule has 1 aliphatic carbocycles. The highest BCUT2D eigenvalue weighted by Crippen LogP contribution is 2.28. The van der Waals surface area contributed by atoms with Crippen molar-refractivity contribution in [1.82, 2.24) is 5.43 Å². The third kappa shape index (κ3) is 3.04. The molecule has 18 heavy (non-hydrogen) atoms. The number of nitro groups is 1. The summed E-state index contributed by atoms with van der Waals surface area (Å²) in [6.45, 7) is 0. The molecule has 1 aromatic carbocycles. The fraction of sp³-hybridized carbons (Fsp3) is 0.273. The Morgan fingerprint density at radius 1 is 1.56 bits per heavy atom. The molecular weight excluding hydrogens is 258 g/mol. The predicted molar refractivity (Wildman–Crippen MR) is 66.6 cm³/mol. The summed E-state index contributed by atoms with van der Waals surface area (Å²) in [5.74, 6) is -0.0450. The molecule has 1 aliphatic rings. The number of nitro benzene ring substituents is 1. The summed E-state index contributed by atoms with van der Waals surface area (Å²) in [5.41, 5.74) is 2.70. The van der Waals surface area contributed by atoms with E-state index in [1.54, 1.807) is 6.07 Å². The van der Waals surface area contributed by atoms with Crippen LogP contribution in [-0.2, 0) is 4.79 Å². The van der Waals surface area contributed by atoms with Crippen LogP contribution in [0.4, 0.5) is 5.69 Å². The number of amides is 1. The van der Waals surface area contributed by atoms with Gasteiger partial charge in [-0.25, -0.2) is 5.43 Å². The molecule has 6 nitrogen and oxygen atoms in total. The molecule has 1 N–H and O–H groups in total. The summed E-state index contributed by atoms with van der Waals surface area (Å²) in [6.07, 6.45) is 3.14. The first kappa shape index (κ1) is 12.5. The number of benzene rings is 1. The topological polar surface area (TPSA) is 84.6 Å². The number of nitrogens with one attached hydrogen (secondary N) is 1. The lowest BCUT2D eigenvalue weighted by molar-refractivity contribution is -0.384. The average Bonchev–Trinajstić information content (AvgIpc) is 3.14. The maximum absolute atomic E-state index is 11.3. The van der Waals surface area contributed by atoms with Gasteiger partial charge in [0.1, 0.15) is 5.02 Å².